The maximum Gasteiger partial charge on any atom is 0.316 e. The molecule has 2 aromatic rings. The number of anilines is 1. The predicted octanol–water partition coefficient (Wildman–Crippen LogP) is 2.58. The molecule has 3 amide bonds. The van der Waals surface area contributed by atoms with Crippen molar-refractivity contribution in [2.75, 3.05) is 26.0 Å². The van der Waals surface area contributed by atoms with Gasteiger partial charge in [0.05, 0.1) is 5.69 Å². The van der Waals surface area contributed by atoms with E-state index in [-0.39, 0.29) is 11.9 Å². The van der Waals surface area contributed by atoms with Crippen LogP contribution in [0.1, 0.15) is 12.6 Å². The van der Waals surface area contributed by atoms with Gasteiger partial charge < -0.3 is 15.5 Å². The largest absolute Gasteiger partial charge is 0.338 e. The van der Waals surface area contributed by atoms with Crippen LogP contribution < -0.4 is 10.6 Å². The van der Waals surface area contributed by atoms with Crippen LogP contribution in [0, 0.1) is 0 Å². The van der Waals surface area contributed by atoms with E-state index >= 15 is 0 Å². The summed E-state index contributed by atoms with van der Waals surface area (Å²) in [5.41, 5.74) is 2.66. The summed E-state index contributed by atoms with van der Waals surface area (Å²) in [6.45, 7) is 2.03. The van der Waals surface area contributed by atoms with Crippen LogP contribution in [0.5, 0.6) is 0 Å². The van der Waals surface area contributed by atoms with E-state index in [0.29, 0.717) is 13.0 Å². The third-order valence-electron chi connectivity index (χ3n) is 3.05. The van der Waals surface area contributed by atoms with Crippen LogP contribution in [-0.2, 0) is 11.2 Å². The van der Waals surface area contributed by atoms with Gasteiger partial charge in [-0.1, -0.05) is 12.1 Å². The number of hydrogen-bond acceptors (Lipinski definition) is 4. The monoisotopic (exact) mass is 332 g/mol. The van der Waals surface area contributed by atoms with Gasteiger partial charge in [0, 0.05) is 50.6 Å². The summed E-state index contributed by atoms with van der Waals surface area (Å²) in [4.78, 5) is 28.7. The van der Waals surface area contributed by atoms with Crippen molar-refractivity contribution in [3.63, 3.8) is 0 Å². The molecule has 0 aliphatic heterocycles. The van der Waals surface area contributed by atoms with Gasteiger partial charge in [0.25, 0.3) is 0 Å². The summed E-state index contributed by atoms with van der Waals surface area (Å²) in [6, 6.07) is 7.48. The number of aromatic nitrogens is 1. The Labute approximate surface area is 139 Å². The van der Waals surface area contributed by atoms with Gasteiger partial charge >= 0.3 is 6.03 Å². The number of urea groups is 1. The molecule has 1 aromatic carbocycles. The molecule has 6 nitrogen and oxygen atoms in total. The average molecular weight is 332 g/mol. The van der Waals surface area contributed by atoms with Crippen molar-refractivity contribution in [1.29, 1.82) is 0 Å². The van der Waals surface area contributed by atoms with E-state index in [0.717, 1.165) is 22.0 Å². The first-order valence-electron chi connectivity index (χ1n) is 7.23. The molecule has 2 N–H and O–H groups in total. The predicted molar refractivity (Wildman–Crippen MR) is 92.6 cm³/mol. The third-order valence-corrected chi connectivity index (χ3v) is 3.99. The number of carbonyl (C=O) groups excluding carboxylic acids is 2. The zero-order valence-electron chi connectivity index (χ0n) is 13.4. The van der Waals surface area contributed by atoms with Gasteiger partial charge in [-0.2, -0.15) is 0 Å². The molecule has 0 aliphatic rings. The molecule has 0 aliphatic carbocycles. The minimum absolute atomic E-state index is 0.0985. The normalized spacial score (nSPS) is 10.2. The number of amides is 3. The van der Waals surface area contributed by atoms with Gasteiger partial charge in [0.2, 0.25) is 5.91 Å². The van der Waals surface area contributed by atoms with Crippen LogP contribution in [0.3, 0.4) is 0 Å². The molecule has 7 heteroatoms. The minimum Gasteiger partial charge on any atom is -0.338 e. The lowest BCUT2D eigenvalue weighted by Crippen LogP contribution is -2.35. The maximum atomic E-state index is 11.4. The second-order valence-corrected chi connectivity index (χ2v) is 6.14. The molecule has 0 unspecified atom stereocenters. The van der Waals surface area contributed by atoms with Gasteiger partial charge in [-0.15, -0.1) is 11.3 Å². The van der Waals surface area contributed by atoms with E-state index in [2.05, 4.69) is 15.6 Å². The van der Waals surface area contributed by atoms with Crippen molar-refractivity contribution >= 4 is 29.0 Å². The molecule has 1 aromatic heterocycles. The van der Waals surface area contributed by atoms with E-state index < -0.39 is 0 Å². The first-order chi connectivity index (χ1) is 11.0. The molecule has 0 spiro atoms. The van der Waals surface area contributed by atoms with Crippen molar-refractivity contribution in [2.24, 2.45) is 0 Å². The quantitative estimate of drug-likeness (QED) is 0.884. The summed E-state index contributed by atoms with van der Waals surface area (Å²) >= 11 is 1.55. The Hall–Kier alpha value is -2.41. The van der Waals surface area contributed by atoms with Crippen LogP contribution in [0.15, 0.2) is 29.6 Å². The van der Waals surface area contributed by atoms with Crippen LogP contribution in [-0.4, -0.2) is 42.5 Å². The fraction of sp³-hybridized carbons (Fsp3) is 0.312. The highest BCUT2D eigenvalue weighted by Gasteiger charge is 2.07. The molecule has 0 radical (unpaired) electrons. The van der Waals surface area contributed by atoms with Crippen LogP contribution in [0.4, 0.5) is 10.5 Å². The molecule has 2 rings (SSSR count). The first kappa shape index (κ1) is 17.0. The lowest BCUT2D eigenvalue weighted by Gasteiger charge is -2.10. The first-order valence-corrected chi connectivity index (χ1v) is 8.11. The molecular weight excluding hydrogens is 312 g/mol. The number of rotatable bonds is 5. The lowest BCUT2D eigenvalue weighted by molar-refractivity contribution is -0.114. The number of nitrogens with zero attached hydrogens (tertiary/aromatic N) is 2. The molecule has 0 bridgehead atoms. The van der Waals surface area contributed by atoms with E-state index in [1.165, 1.54) is 11.8 Å². The second-order valence-electron chi connectivity index (χ2n) is 5.28. The zero-order valence-corrected chi connectivity index (χ0v) is 14.2. The number of hydrogen-bond donors (Lipinski definition) is 2. The maximum absolute atomic E-state index is 11.4. The SMILES string of the molecule is CC(=O)Nc1cccc(-c2nc(CCNC(=O)N(C)C)cs2)c1. The van der Waals surface area contributed by atoms with E-state index in [4.69, 9.17) is 0 Å². The zero-order chi connectivity index (χ0) is 16.8. The van der Waals surface area contributed by atoms with Crippen molar-refractivity contribution in [1.82, 2.24) is 15.2 Å². The Morgan fingerprint density at radius 3 is 2.78 bits per heavy atom. The number of carbonyl (C=O) groups is 2. The minimum atomic E-state index is -0.108. The molecule has 0 saturated carbocycles. The van der Waals surface area contributed by atoms with E-state index in [9.17, 15) is 9.59 Å². The molecule has 23 heavy (non-hydrogen) atoms. The third kappa shape index (κ3) is 5.07. The highest BCUT2D eigenvalue weighted by atomic mass is 32.1. The fourth-order valence-electron chi connectivity index (χ4n) is 1.94. The molecule has 1 heterocycles. The van der Waals surface area contributed by atoms with E-state index in [1.54, 1.807) is 25.4 Å². The van der Waals surface area contributed by atoms with Crippen molar-refractivity contribution < 1.29 is 9.59 Å². The smallest absolute Gasteiger partial charge is 0.316 e. The van der Waals surface area contributed by atoms with Gasteiger partial charge in [-0.3, -0.25) is 4.79 Å². The average Bonchev–Trinajstić information content (AvgIpc) is 2.95. The standard InChI is InChI=1S/C16H20N4O2S/c1-11(21)18-13-6-4-5-12(9-13)15-19-14(10-23-15)7-8-17-16(22)20(2)3/h4-6,9-10H,7-8H2,1-3H3,(H,17,22)(H,18,21). The molecule has 0 saturated heterocycles. The van der Waals surface area contributed by atoms with Gasteiger partial charge in [0.1, 0.15) is 5.01 Å². The van der Waals surface area contributed by atoms with Gasteiger partial charge in [-0.05, 0) is 12.1 Å². The summed E-state index contributed by atoms with van der Waals surface area (Å²) in [6.07, 6.45) is 0.682. The van der Waals surface area contributed by atoms with Crippen molar-refractivity contribution in [2.45, 2.75) is 13.3 Å². The Morgan fingerprint density at radius 2 is 2.09 bits per heavy atom. The lowest BCUT2D eigenvalue weighted by atomic mass is 10.2. The van der Waals surface area contributed by atoms with Crippen molar-refractivity contribution in [3.8, 4) is 10.6 Å². The molecule has 0 atom stereocenters. The molecular formula is C16H20N4O2S. The second kappa shape index (κ2) is 7.73. The van der Waals surface area contributed by atoms with Crippen LogP contribution >= 0.6 is 11.3 Å². The number of thiazole rings is 1. The Bertz CT molecular complexity index is 697. The summed E-state index contributed by atoms with van der Waals surface area (Å²) in [5.74, 6) is -0.0985. The Morgan fingerprint density at radius 1 is 1.30 bits per heavy atom. The fourth-order valence-corrected chi connectivity index (χ4v) is 2.79. The topological polar surface area (TPSA) is 74.3 Å². The highest BCUT2D eigenvalue weighted by molar-refractivity contribution is 7.13. The van der Waals surface area contributed by atoms with Gasteiger partial charge in [-0.25, -0.2) is 9.78 Å². The van der Waals surface area contributed by atoms with Crippen molar-refractivity contribution in [3.05, 3.63) is 35.3 Å². The summed E-state index contributed by atoms with van der Waals surface area (Å²) in [7, 11) is 3.41. The Kier molecular flexibility index (Phi) is 5.70. The Balaban J connectivity index is 1.99. The molecule has 122 valence electrons. The summed E-state index contributed by atoms with van der Waals surface area (Å²) < 4.78 is 0. The number of nitrogens with one attached hydrogen (secondary N) is 2. The highest BCUT2D eigenvalue weighted by Crippen LogP contribution is 2.26. The van der Waals surface area contributed by atoms with Gasteiger partial charge in [0.15, 0.2) is 0 Å². The van der Waals surface area contributed by atoms with Crippen LogP contribution in [0.25, 0.3) is 10.6 Å². The van der Waals surface area contributed by atoms with Crippen LogP contribution in [0.2, 0.25) is 0 Å². The van der Waals surface area contributed by atoms with E-state index in [1.807, 2.05) is 29.6 Å². The molecule has 0 fully saturated rings. The summed E-state index contributed by atoms with van der Waals surface area (Å²) in [5, 5.41) is 8.46. The number of benzene rings is 1.